The Morgan fingerprint density at radius 3 is 1.11 bits per heavy atom. The first-order valence-electron chi connectivity index (χ1n) is 9.49. The minimum absolute atomic E-state index is 0.198. The minimum Gasteiger partial charge on any atom is -0.0623 e. The van der Waals surface area contributed by atoms with Crippen molar-refractivity contribution in [1.29, 1.82) is 0 Å². The van der Waals surface area contributed by atoms with Crippen molar-refractivity contribution >= 4 is 11.7 Å². The van der Waals surface area contributed by atoms with Crippen LogP contribution < -0.4 is 5.30 Å². The summed E-state index contributed by atoms with van der Waals surface area (Å²) in [6, 6.07) is 16.9. The molecule has 0 bridgehead atoms. The summed E-state index contributed by atoms with van der Waals surface area (Å²) in [4.78, 5) is 0. The molecule has 0 heterocycles. The summed E-state index contributed by atoms with van der Waals surface area (Å²) in [7, 11) is 0. The van der Waals surface area contributed by atoms with Crippen LogP contribution in [-0.2, 0) is 38.5 Å². The van der Waals surface area contributed by atoms with E-state index in [1.165, 1.54) is 28.4 Å². The van der Waals surface area contributed by atoms with E-state index in [1.54, 1.807) is 0 Å². The molecule has 0 unspecified atom stereocenters. The smallest absolute Gasteiger partial charge is 0.0623 e. The van der Waals surface area contributed by atoms with E-state index in [9.17, 15) is 0 Å². The molecule has 1 nitrogen and oxygen atoms in total. The maximum absolute atomic E-state index is 7.50. The monoisotopic (exact) mass is 574 g/mol. The molecule has 0 spiro atoms. The predicted octanol–water partition coefficient (Wildman–Crippen LogP) is 7.26. The van der Waals surface area contributed by atoms with Gasteiger partial charge < -0.3 is 0 Å². The molecule has 28 heavy (non-hydrogen) atoms. The second kappa shape index (κ2) is 11.3. The normalized spacial score (nSPS) is 11.7. The molecule has 0 radical (unpaired) electrons. The van der Waals surface area contributed by atoms with Crippen LogP contribution in [0, 0.1) is 6.65 Å². The van der Waals surface area contributed by atoms with Gasteiger partial charge in [-0.1, -0.05) is 36.4 Å². The van der Waals surface area contributed by atoms with Gasteiger partial charge >= 0.3 is 148 Å². The molecule has 0 amide bonds. The first kappa shape index (κ1) is 27.1. The Kier molecular flexibility index (Phi) is 11.0. The van der Waals surface area contributed by atoms with Crippen LogP contribution in [0.4, 0.5) is 0 Å². The van der Waals surface area contributed by atoms with Crippen molar-refractivity contribution in [2.24, 2.45) is 0 Å². The summed E-state index contributed by atoms with van der Waals surface area (Å²) in [5.74, 6) is 0. The van der Waals surface area contributed by atoms with Crippen LogP contribution in [0.1, 0.15) is 79.0 Å². The third-order valence-corrected chi connectivity index (χ3v) is 6.68. The molecule has 0 N–H and O–H groups in total. The molecule has 0 fully saturated rings. The zero-order chi connectivity index (χ0) is 22.2. The third-order valence-electron chi connectivity index (χ3n) is 4.34. The van der Waals surface area contributed by atoms with Crippen LogP contribution in [-0.4, -0.2) is 0 Å². The largest absolute Gasteiger partial charge is 0.0623 e. The summed E-state index contributed by atoms with van der Waals surface area (Å²) in [6.07, 6.45) is 1.40. The maximum atomic E-state index is 7.50. The van der Waals surface area contributed by atoms with Crippen LogP contribution in [0.2, 0.25) is 0 Å². The van der Waals surface area contributed by atoms with E-state index in [0.29, 0.717) is 0 Å². The van der Waals surface area contributed by atoms with Crippen LogP contribution in [0.5, 0.6) is 0 Å². The molecule has 0 aliphatic carbocycles. The minimum atomic E-state index is 0.198. The van der Waals surface area contributed by atoms with Crippen molar-refractivity contribution in [2.45, 2.75) is 78.6 Å². The van der Waals surface area contributed by atoms with Crippen molar-refractivity contribution in [3.8, 4) is 0 Å². The van der Waals surface area contributed by atoms with E-state index in [4.69, 9.17) is 4.65 Å². The summed E-state index contributed by atoms with van der Waals surface area (Å²) in [6.45, 7) is 25.4. The second-order valence-corrected chi connectivity index (χ2v) is 12.2. The van der Waals surface area contributed by atoms with Gasteiger partial charge in [0.15, 0.2) is 0 Å². The molecule has 0 saturated heterocycles. The van der Waals surface area contributed by atoms with Crippen molar-refractivity contribution in [1.82, 2.24) is 0 Å². The van der Waals surface area contributed by atoms with Gasteiger partial charge in [0.25, 0.3) is 0 Å². The molecule has 2 aromatic rings. The van der Waals surface area contributed by atoms with Gasteiger partial charge in [-0.05, 0) is 0 Å². The Morgan fingerprint density at radius 1 is 0.643 bits per heavy atom. The number of benzene rings is 2. The number of hydrogen-bond donors (Lipinski definition) is 0. The summed E-state index contributed by atoms with van der Waals surface area (Å²) in [5, 5.41) is 1.54. The zero-order valence-electron chi connectivity index (χ0n) is 18.8. The number of hydrogen-bond acceptors (Lipinski definition) is 0. The second-order valence-electron chi connectivity index (χ2n) is 9.90. The molecule has 0 aliphatic rings. The fourth-order valence-corrected chi connectivity index (χ4v) is 5.49. The van der Waals surface area contributed by atoms with Gasteiger partial charge in [-0.15, -0.1) is 0 Å². The molecule has 154 valence electrons. The Morgan fingerprint density at radius 2 is 0.929 bits per heavy atom. The topological polar surface area (TPSA) is 19.9 Å². The van der Waals surface area contributed by atoms with E-state index >= 15 is 0 Å². The average Bonchev–Trinajstić information content (AvgIpc) is 2.62. The Labute approximate surface area is 184 Å². The first-order chi connectivity index (χ1) is 12.8. The standard InChI is InChI=1S/C18H29P.C6H6.CO.Os/c1-16(2,3)12-10-13(17(4,5)6)15(19)14(11-12)18(7,8)9;1-2-4-6-5-3-1;1-2;/h10-11H,1-9H3;1-6H;;. The van der Waals surface area contributed by atoms with E-state index in [0.717, 1.165) is 0 Å². The molecule has 3 heteroatoms. The molecule has 0 aliphatic heterocycles. The van der Waals surface area contributed by atoms with Gasteiger partial charge in [0.05, 0.1) is 0 Å². The fourth-order valence-electron chi connectivity index (χ4n) is 2.68. The van der Waals surface area contributed by atoms with Crippen LogP contribution in [0.3, 0.4) is 0 Å². The summed E-state index contributed by atoms with van der Waals surface area (Å²) >= 11 is 2.05. The molecular weight excluding hydrogens is 537 g/mol. The van der Waals surface area contributed by atoms with Gasteiger partial charge in [-0.2, -0.15) is 0 Å². The molecule has 0 aromatic heterocycles. The van der Waals surface area contributed by atoms with Gasteiger partial charge in [-0.3, -0.25) is 0 Å². The van der Waals surface area contributed by atoms with Gasteiger partial charge in [-0.25, -0.2) is 0 Å². The van der Waals surface area contributed by atoms with E-state index in [-0.39, 0.29) is 16.2 Å². The van der Waals surface area contributed by atoms with Crippen molar-refractivity contribution in [2.75, 3.05) is 0 Å². The molecule has 2 rings (SSSR count). The Balaban J connectivity index is 0.000000759. The maximum Gasteiger partial charge on any atom is -0.0623 e. The van der Waals surface area contributed by atoms with Gasteiger partial charge in [0, 0.05) is 0 Å². The first-order valence-corrected chi connectivity index (χ1v) is 13.7. The quantitative estimate of drug-likeness (QED) is 0.195. The summed E-state index contributed by atoms with van der Waals surface area (Å²) < 4.78 is 7.50. The van der Waals surface area contributed by atoms with E-state index < -0.39 is 0 Å². The van der Waals surface area contributed by atoms with E-state index in [2.05, 4.69) is 81.1 Å². The van der Waals surface area contributed by atoms with Crippen molar-refractivity contribution in [3.63, 3.8) is 0 Å². The fraction of sp³-hybridized carbons (Fsp3) is 0.480. The van der Waals surface area contributed by atoms with Crippen LogP contribution in [0.15, 0.2) is 48.5 Å². The Hall–Kier alpha value is -0.884. The Bertz CT molecular complexity index is 695. The summed E-state index contributed by atoms with van der Waals surface area (Å²) in [5.41, 5.74) is 5.10. The van der Waals surface area contributed by atoms with Gasteiger partial charge in [0.1, 0.15) is 0 Å². The molecule has 0 atom stereocenters. The predicted molar refractivity (Wildman–Crippen MR) is 119 cm³/mol. The van der Waals surface area contributed by atoms with Crippen LogP contribution in [0.25, 0.3) is 0 Å². The molecule has 2 aromatic carbocycles. The van der Waals surface area contributed by atoms with Crippen molar-refractivity contribution < 1.29 is 22.3 Å². The molecule has 0 saturated carbocycles. The van der Waals surface area contributed by atoms with E-state index in [1.807, 2.05) is 54.0 Å². The number of rotatable bonds is 1. The third kappa shape index (κ3) is 8.64. The zero-order valence-corrected chi connectivity index (χ0v) is 22.3. The van der Waals surface area contributed by atoms with Gasteiger partial charge in [0.2, 0.25) is 0 Å². The van der Waals surface area contributed by atoms with Crippen molar-refractivity contribution in [3.05, 3.63) is 71.9 Å². The SMILES string of the molecule is CC(C)(C)c1cc(C(C)(C)C)c([P]=[Os])c(C(C)(C)C)c1.[C-]#[O+].c1ccccc1. The molecular formula is C25H35OOsP. The average molecular weight is 573 g/mol. The van der Waals surface area contributed by atoms with Crippen LogP contribution >= 0.6 is 6.41 Å².